The van der Waals surface area contributed by atoms with Crippen LogP contribution in [0.4, 0.5) is 0 Å². The van der Waals surface area contributed by atoms with Gasteiger partial charge in [0.25, 0.3) is 0 Å². The van der Waals surface area contributed by atoms with Crippen molar-refractivity contribution in [3.63, 3.8) is 0 Å². The van der Waals surface area contributed by atoms with E-state index in [-0.39, 0.29) is 17.9 Å². The Labute approximate surface area is 170 Å². The van der Waals surface area contributed by atoms with Crippen LogP contribution < -0.4 is 0 Å². The first-order chi connectivity index (χ1) is 13.9. The summed E-state index contributed by atoms with van der Waals surface area (Å²) in [6.45, 7) is 6.55. The predicted molar refractivity (Wildman–Crippen MR) is 111 cm³/mol. The molecule has 7 heteroatoms. The van der Waals surface area contributed by atoms with Crippen LogP contribution in [0.5, 0.6) is 0 Å². The van der Waals surface area contributed by atoms with Crippen LogP contribution in [-0.4, -0.2) is 62.1 Å². The quantitative estimate of drug-likeness (QED) is 0.578. The molecule has 4 heterocycles. The maximum Gasteiger partial charge on any atom is 0.247 e. The highest BCUT2D eigenvalue weighted by Gasteiger charge is 2.33. The molecule has 0 saturated heterocycles. The van der Waals surface area contributed by atoms with Gasteiger partial charge in [-0.3, -0.25) is 14.3 Å². The number of nitrogens with zero attached hydrogens (tertiary/aromatic N) is 5. The lowest BCUT2D eigenvalue weighted by Gasteiger charge is -2.24. The van der Waals surface area contributed by atoms with Crippen LogP contribution in [0.1, 0.15) is 30.6 Å². The van der Waals surface area contributed by atoms with Gasteiger partial charge < -0.3 is 14.4 Å². The van der Waals surface area contributed by atoms with Crippen molar-refractivity contribution in [3.05, 3.63) is 59.2 Å². The van der Waals surface area contributed by atoms with Gasteiger partial charge in [0.05, 0.1) is 6.20 Å². The number of aromatic nitrogens is 3. The van der Waals surface area contributed by atoms with Gasteiger partial charge in [-0.25, -0.2) is 0 Å². The Balaban J connectivity index is 1.29. The minimum Gasteiger partial charge on any atom is -0.351 e. The second kappa shape index (κ2) is 7.73. The average molecular weight is 393 g/mol. The number of hydrogen-bond acceptors (Lipinski definition) is 3. The monoisotopic (exact) mass is 393 g/mol. The Hall–Kier alpha value is -3.09. The smallest absolute Gasteiger partial charge is 0.247 e. The number of amides is 2. The summed E-state index contributed by atoms with van der Waals surface area (Å²) >= 11 is 0. The first-order valence-electron chi connectivity index (χ1n) is 9.98. The van der Waals surface area contributed by atoms with E-state index in [4.69, 9.17) is 0 Å². The van der Waals surface area contributed by atoms with Gasteiger partial charge in [-0.15, -0.1) is 0 Å². The molecule has 29 heavy (non-hydrogen) atoms. The van der Waals surface area contributed by atoms with E-state index in [9.17, 15) is 9.59 Å². The van der Waals surface area contributed by atoms with Gasteiger partial charge in [0, 0.05) is 75.4 Å². The third kappa shape index (κ3) is 3.90. The number of hydrogen-bond donors (Lipinski definition) is 0. The van der Waals surface area contributed by atoms with Gasteiger partial charge >= 0.3 is 0 Å². The summed E-state index contributed by atoms with van der Waals surface area (Å²) in [4.78, 5) is 29.0. The van der Waals surface area contributed by atoms with Crippen LogP contribution in [-0.2, 0) is 16.6 Å². The third-order valence-corrected chi connectivity index (χ3v) is 5.98. The first kappa shape index (κ1) is 19.2. The van der Waals surface area contributed by atoms with E-state index in [1.807, 2.05) is 54.4 Å². The van der Waals surface area contributed by atoms with Crippen LogP contribution in [0.15, 0.2) is 47.9 Å². The molecule has 1 unspecified atom stereocenters. The van der Waals surface area contributed by atoms with Crippen molar-refractivity contribution in [2.45, 2.75) is 26.3 Å². The SMILES string of the molecule is Cc1c(/C=C/C(=O)N2CC3=C(C2)CN(C(=O)CC(C)n2cccc2)C3)cnn1C. The van der Waals surface area contributed by atoms with Crippen LogP contribution in [0.25, 0.3) is 6.08 Å². The number of rotatable bonds is 5. The molecule has 0 fully saturated rings. The molecule has 0 N–H and O–H groups in total. The molecular weight excluding hydrogens is 366 g/mol. The summed E-state index contributed by atoms with van der Waals surface area (Å²) in [7, 11) is 1.88. The van der Waals surface area contributed by atoms with Crippen LogP contribution in [0.3, 0.4) is 0 Å². The zero-order valence-corrected chi connectivity index (χ0v) is 17.2. The highest BCUT2D eigenvalue weighted by atomic mass is 16.2. The minimum atomic E-state index is 0.00163. The molecule has 0 spiro atoms. The van der Waals surface area contributed by atoms with Crippen molar-refractivity contribution < 1.29 is 9.59 Å². The Kier molecular flexibility index (Phi) is 5.13. The lowest BCUT2D eigenvalue weighted by Crippen LogP contribution is -2.36. The summed E-state index contributed by atoms with van der Waals surface area (Å²) in [5, 5.41) is 4.19. The summed E-state index contributed by atoms with van der Waals surface area (Å²) in [6, 6.07) is 4.10. The highest BCUT2D eigenvalue weighted by Crippen LogP contribution is 2.27. The maximum atomic E-state index is 12.7. The molecule has 2 amide bonds. The maximum absolute atomic E-state index is 12.7. The summed E-state index contributed by atoms with van der Waals surface area (Å²) in [5.41, 5.74) is 4.41. The molecule has 2 aliphatic heterocycles. The fraction of sp³-hybridized carbons (Fsp3) is 0.409. The largest absolute Gasteiger partial charge is 0.351 e. The summed E-state index contributed by atoms with van der Waals surface area (Å²) in [6.07, 6.45) is 9.68. The highest BCUT2D eigenvalue weighted by molar-refractivity contribution is 5.92. The zero-order chi connectivity index (χ0) is 20.5. The minimum absolute atomic E-state index is 0.00163. The molecule has 2 aromatic rings. The van der Waals surface area contributed by atoms with Gasteiger partial charge in [-0.2, -0.15) is 5.10 Å². The molecule has 0 bridgehead atoms. The van der Waals surface area contributed by atoms with E-state index in [1.54, 1.807) is 17.0 Å². The standard InChI is InChI=1S/C22H27N5O2/c1-16(25-8-4-5-9-25)10-22(29)27-14-19-12-26(13-20(19)15-27)21(28)7-6-18-11-23-24(3)17(18)2/h4-9,11,16H,10,12-15H2,1-3H3/b7-6+. The van der Waals surface area contributed by atoms with E-state index < -0.39 is 0 Å². The van der Waals surface area contributed by atoms with Crippen molar-refractivity contribution in [2.75, 3.05) is 26.2 Å². The van der Waals surface area contributed by atoms with Crippen molar-refractivity contribution >= 4 is 17.9 Å². The van der Waals surface area contributed by atoms with Crippen molar-refractivity contribution in [1.82, 2.24) is 24.1 Å². The van der Waals surface area contributed by atoms with Crippen LogP contribution in [0, 0.1) is 6.92 Å². The molecule has 0 aromatic carbocycles. The number of aryl methyl sites for hydroxylation is 1. The molecule has 0 aliphatic carbocycles. The van der Waals surface area contributed by atoms with E-state index in [1.165, 1.54) is 11.1 Å². The molecule has 7 nitrogen and oxygen atoms in total. The predicted octanol–water partition coefficient (Wildman–Crippen LogP) is 2.18. The summed E-state index contributed by atoms with van der Waals surface area (Å²) < 4.78 is 3.85. The van der Waals surface area contributed by atoms with Crippen molar-refractivity contribution in [1.29, 1.82) is 0 Å². The van der Waals surface area contributed by atoms with Crippen LogP contribution >= 0.6 is 0 Å². The van der Waals surface area contributed by atoms with Gasteiger partial charge in [0.15, 0.2) is 0 Å². The average Bonchev–Trinajstić information content (AvgIpc) is 3.45. The lowest BCUT2D eigenvalue weighted by molar-refractivity contribution is -0.130. The second-order valence-corrected chi connectivity index (χ2v) is 7.98. The molecular formula is C22H27N5O2. The molecule has 2 aromatic heterocycles. The number of carbonyl (C=O) groups is 2. The molecule has 4 rings (SSSR count). The van der Waals surface area contributed by atoms with Crippen molar-refractivity contribution in [2.24, 2.45) is 7.05 Å². The normalized spacial score (nSPS) is 17.5. The number of carbonyl (C=O) groups excluding carboxylic acids is 2. The Morgan fingerprint density at radius 2 is 1.72 bits per heavy atom. The van der Waals surface area contributed by atoms with Gasteiger partial charge in [0.2, 0.25) is 11.8 Å². The van der Waals surface area contributed by atoms with Gasteiger partial charge in [0.1, 0.15) is 0 Å². The Bertz CT molecular complexity index is 965. The molecule has 0 radical (unpaired) electrons. The molecule has 152 valence electrons. The zero-order valence-electron chi connectivity index (χ0n) is 17.2. The topological polar surface area (TPSA) is 63.4 Å². The first-order valence-corrected chi connectivity index (χ1v) is 9.98. The third-order valence-electron chi connectivity index (χ3n) is 5.98. The Morgan fingerprint density at radius 3 is 2.31 bits per heavy atom. The lowest BCUT2D eigenvalue weighted by atomic mass is 10.2. The van der Waals surface area contributed by atoms with Crippen LogP contribution in [0.2, 0.25) is 0 Å². The van der Waals surface area contributed by atoms with Gasteiger partial charge in [-0.05, 0) is 43.2 Å². The fourth-order valence-corrected chi connectivity index (χ4v) is 3.99. The second-order valence-electron chi connectivity index (χ2n) is 7.98. The molecule has 1 atom stereocenters. The van der Waals surface area contributed by atoms with E-state index in [2.05, 4.69) is 16.6 Å². The van der Waals surface area contributed by atoms with E-state index in [0.29, 0.717) is 32.6 Å². The summed E-state index contributed by atoms with van der Waals surface area (Å²) in [5.74, 6) is 0.173. The Morgan fingerprint density at radius 1 is 1.10 bits per heavy atom. The van der Waals surface area contributed by atoms with Crippen molar-refractivity contribution in [3.8, 4) is 0 Å². The fourth-order valence-electron chi connectivity index (χ4n) is 3.99. The van der Waals surface area contributed by atoms with Gasteiger partial charge in [-0.1, -0.05) is 0 Å². The molecule has 0 saturated carbocycles. The van der Waals surface area contributed by atoms with E-state index >= 15 is 0 Å². The van der Waals surface area contributed by atoms with E-state index in [0.717, 1.165) is 11.3 Å². The molecule has 2 aliphatic rings.